The lowest BCUT2D eigenvalue weighted by molar-refractivity contribution is 0.218. The zero-order valence-electron chi connectivity index (χ0n) is 7.42. The number of hydrogen-bond acceptors (Lipinski definition) is 3. The van der Waals surface area contributed by atoms with Crippen LogP contribution in [-0.2, 0) is 4.74 Å². The second-order valence-corrected chi connectivity index (χ2v) is 4.01. The van der Waals surface area contributed by atoms with Crippen LogP contribution < -0.4 is 5.73 Å². The standard InChI is InChI=1S/C9H12ClNOS/c1-12-5-6-13-9-7(10)3-2-4-8(9)11/h2-4H,5-6,11H2,1H3. The van der Waals surface area contributed by atoms with Crippen molar-refractivity contribution >= 4 is 29.1 Å². The Hall–Kier alpha value is -0.380. The van der Waals surface area contributed by atoms with Crippen LogP contribution in [0.2, 0.25) is 5.02 Å². The molecule has 0 unspecified atom stereocenters. The second-order valence-electron chi connectivity index (χ2n) is 2.50. The molecule has 0 saturated carbocycles. The fraction of sp³-hybridized carbons (Fsp3) is 0.333. The Morgan fingerprint density at radius 3 is 2.92 bits per heavy atom. The monoisotopic (exact) mass is 217 g/mol. The van der Waals surface area contributed by atoms with E-state index >= 15 is 0 Å². The number of benzene rings is 1. The Morgan fingerprint density at radius 1 is 1.54 bits per heavy atom. The SMILES string of the molecule is COCCSc1c(N)cccc1Cl. The predicted octanol–water partition coefficient (Wildman–Crippen LogP) is 2.66. The molecule has 1 aromatic carbocycles. The molecular weight excluding hydrogens is 206 g/mol. The third-order valence-corrected chi connectivity index (χ3v) is 3.07. The molecule has 0 aliphatic carbocycles. The first-order chi connectivity index (χ1) is 6.25. The van der Waals surface area contributed by atoms with Gasteiger partial charge < -0.3 is 10.5 Å². The van der Waals surface area contributed by atoms with E-state index < -0.39 is 0 Å². The number of halogens is 1. The van der Waals surface area contributed by atoms with Crippen LogP contribution in [0.15, 0.2) is 23.1 Å². The molecule has 1 rings (SSSR count). The molecule has 1 aromatic rings. The largest absolute Gasteiger partial charge is 0.398 e. The normalized spacial score (nSPS) is 10.3. The van der Waals surface area contributed by atoms with Crippen LogP contribution in [0.4, 0.5) is 5.69 Å². The highest BCUT2D eigenvalue weighted by atomic mass is 35.5. The fourth-order valence-electron chi connectivity index (χ4n) is 0.905. The third kappa shape index (κ3) is 3.10. The summed E-state index contributed by atoms with van der Waals surface area (Å²) in [6.45, 7) is 0.704. The van der Waals surface area contributed by atoms with Crippen LogP contribution in [0, 0.1) is 0 Å². The highest BCUT2D eigenvalue weighted by molar-refractivity contribution is 7.99. The van der Waals surface area contributed by atoms with Gasteiger partial charge in [0.25, 0.3) is 0 Å². The number of anilines is 1. The molecule has 0 aliphatic rings. The third-order valence-electron chi connectivity index (χ3n) is 1.53. The lowest BCUT2D eigenvalue weighted by atomic mass is 10.3. The minimum atomic E-state index is 0.704. The van der Waals surface area contributed by atoms with E-state index in [2.05, 4.69) is 0 Å². The summed E-state index contributed by atoms with van der Waals surface area (Å²) < 4.78 is 4.94. The summed E-state index contributed by atoms with van der Waals surface area (Å²) in [7, 11) is 1.68. The van der Waals surface area contributed by atoms with Gasteiger partial charge in [0.2, 0.25) is 0 Å². The van der Waals surface area contributed by atoms with Gasteiger partial charge in [0.05, 0.1) is 11.6 Å². The number of thioether (sulfide) groups is 1. The molecule has 0 aliphatic heterocycles. The smallest absolute Gasteiger partial charge is 0.0562 e. The van der Waals surface area contributed by atoms with E-state index in [9.17, 15) is 0 Å². The molecule has 0 spiro atoms. The van der Waals surface area contributed by atoms with Crippen molar-refractivity contribution in [3.63, 3.8) is 0 Å². The van der Waals surface area contributed by atoms with Crippen LogP contribution in [-0.4, -0.2) is 19.5 Å². The Kier molecular flexibility index (Phi) is 4.42. The molecule has 2 nitrogen and oxygen atoms in total. The Balaban J connectivity index is 2.64. The zero-order valence-corrected chi connectivity index (χ0v) is 8.99. The van der Waals surface area contributed by atoms with Crippen LogP contribution >= 0.6 is 23.4 Å². The van der Waals surface area contributed by atoms with Crippen molar-refractivity contribution in [2.24, 2.45) is 0 Å². The second kappa shape index (κ2) is 5.37. The molecule has 0 atom stereocenters. The Bertz CT molecular complexity index is 260. The average Bonchev–Trinajstić information content (AvgIpc) is 2.10. The molecule has 4 heteroatoms. The van der Waals surface area contributed by atoms with Gasteiger partial charge in [-0.25, -0.2) is 0 Å². The van der Waals surface area contributed by atoms with Gasteiger partial charge in [0.1, 0.15) is 0 Å². The molecule has 0 amide bonds. The van der Waals surface area contributed by atoms with Gasteiger partial charge >= 0.3 is 0 Å². The quantitative estimate of drug-likeness (QED) is 0.479. The Morgan fingerprint density at radius 2 is 2.31 bits per heavy atom. The summed E-state index contributed by atoms with van der Waals surface area (Å²) in [5.74, 6) is 0.866. The van der Waals surface area contributed by atoms with Gasteiger partial charge in [0.15, 0.2) is 0 Å². The van der Waals surface area contributed by atoms with E-state index in [1.807, 2.05) is 18.2 Å². The fourth-order valence-corrected chi connectivity index (χ4v) is 2.15. The summed E-state index contributed by atoms with van der Waals surface area (Å²) in [5, 5.41) is 0.709. The highest BCUT2D eigenvalue weighted by Gasteiger charge is 2.03. The maximum Gasteiger partial charge on any atom is 0.0562 e. The van der Waals surface area contributed by atoms with Crippen molar-refractivity contribution < 1.29 is 4.74 Å². The first kappa shape index (κ1) is 10.7. The summed E-state index contributed by atoms with van der Waals surface area (Å²) in [5.41, 5.74) is 6.49. The average molecular weight is 218 g/mol. The maximum atomic E-state index is 5.97. The maximum absolute atomic E-state index is 5.97. The van der Waals surface area contributed by atoms with Crippen molar-refractivity contribution in [1.82, 2.24) is 0 Å². The number of methoxy groups -OCH3 is 1. The Labute approximate surface area is 87.4 Å². The lowest BCUT2D eigenvalue weighted by Gasteiger charge is -2.06. The molecule has 72 valence electrons. The van der Waals surface area contributed by atoms with E-state index in [1.165, 1.54) is 0 Å². The van der Waals surface area contributed by atoms with Crippen LogP contribution in [0.1, 0.15) is 0 Å². The molecule has 0 radical (unpaired) electrons. The van der Waals surface area contributed by atoms with Crippen LogP contribution in [0.25, 0.3) is 0 Å². The summed E-state index contributed by atoms with van der Waals surface area (Å²) >= 11 is 7.58. The van der Waals surface area contributed by atoms with E-state index in [0.29, 0.717) is 11.6 Å². The van der Waals surface area contributed by atoms with Gasteiger partial charge in [-0.1, -0.05) is 17.7 Å². The number of hydrogen-bond donors (Lipinski definition) is 1. The van der Waals surface area contributed by atoms with Gasteiger partial charge in [-0.15, -0.1) is 11.8 Å². The van der Waals surface area contributed by atoms with Crippen molar-refractivity contribution in [1.29, 1.82) is 0 Å². The number of ether oxygens (including phenoxy) is 1. The van der Waals surface area contributed by atoms with Crippen LogP contribution in [0.5, 0.6) is 0 Å². The van der Waals surface area contributed by atoms with E-state index in [0.717, 1.165) is 16.3 Å². The number of nitrogen functional groups attached to an aromatic ring is 1. The summed E-state index contributed by atoms with van der Waals surface area (Å²) in [4.78, 5) is 0.946. The van der Waals surface area contributed by atoms with E-state index in [-0.39, 0.29) is 0 Å². The van der Waals surface area contributed by atoms with Gasteiger partial charge in [-0.05, 0) is 12.1 Å². The van der Waals surface area contributed by atoms with Gasteiger partial charge in [-0.3, -0.25) is 0 Å². The minimum Gasteiger partial charge on any atom is -0.398 e. The zero-order chi connectivity index (χ0) is 9.68. The molecule has 0 fully saturated rings. The van der Waals surface area contributed by atoms with Crippen molar-refractivity contribution in [2.45, 2.75) is 4.90 Å². The van der Waals surface area contributed by atoms with E-state index in [4.69, 9.17) is 22.1 Å². The van der Waals surface area contributed by atoms with Gasteiger partial charge in [-0.2, -0.15) is 0 Å². The minimum absolute atomic E-state index is 0.704. The first-order valence-corrected chi connectivity index (χ1v) is 5.27. The van der Waals surface area contributed by atoms with E-state index in [1.54, 1.807) is 18.9 Å². The molecule has 0 heterocycles. The molecule has 0 saturated heterocycles. The number of rotatable bonds is 4. The van der Waals surface area contributed by atoms with Crippen molar-refractivity contribution in [3.05, 3.63) is 23.2 Å². The predicted molar refractivity (Wildman–Crippen MR) is 58.5 cm³/mol. The van der Waals surface area contributed by atoms with Crippen molar-refractivity contribution in [3.8, 4) is 0 Å². The lowest BCUT2D eigenvalue weighted by Crippen LogP contribution is -1.94. The topological polar surface area (TPSA) is 35.2 Å². The number of nitrogens with two attached hydrogens (primary N) is 1. The highest BCUT2D eigenvalue weighted by Crippen LogP contribution is 2.31. The molecule has 0 aromatic heterocycles. The van der Waals surface area contributed by atoms with Gasteiger partial charge in [0, 0.05) is 23.4 Å². The molecule has 0 bridgehead atoms. The summed E-state index contributed by atoms with van der Waals surface area (Å²) in [6.07, 6.45) is 0. The first-order valence-electron chi connectivity index (χ1n) is 3.91. The molecule has 2 N–H and O–H groups in total. The molecular formula is C9H12ClNOS. The van der Waals surface area contributed by atoms with Crippen LogP contribution in [0.3, 0.4) is 0 Å². The van der Waals surface area contributed by atoms with Crippen molar-refractivity contribution in [2.75, 3.05) is 25.2 Å². The molecule has 13 heavy (non-hydrogen) atoms. The summed E-state index contributed by atoms with van der Waals surface area (Å²) in [6, 6.07) is 5.53.